The van der Waals surface area contributed by atoms with E-state index in [1.165, 1.54) is 20.3 Å². The van der Waals surface area contributed by atoms with Gasteiger partial charge < -0.3 is 9.47 Å². The highest BCUT2D eigenvalue weighted by Gasteiger charge is 2.21. The Morgan fingerprint density at radius 2 is 2.06 bits per heavy atom. The van der Waals surface area contributed by atoms with Crippen LogP contribution in [0.25, 0.3) is 0 Å². The third kappa shape index (κ3) is 2.30. The number of ether oxygens (including phenoxy) is 2. The van der Waals surface area contributed by atoms with Gasteiger partial charge in [-0.3, -0.25) is 10.1 Å². The van der Waals surface area contributed by atoms with E-state index in [2.05, 4.69) is 20.7 Å². The molecule has 6 nitrogen and oxygen atoms in total. The van der Waals surface area contributed by atoms with Crippen LogP contribution in [0.5, 0.6) is 5.75 Å². The summed E-state index contributed by atoms with van der Waals surface area (Å²) in [5, 5.41) is 10.7. The maximum absolute atomic E-state index is 11.3. The molecule has 1 rings (SSSR count). The molecule has 0 fully saturated rings. The van der Waals surface area contributed by atoms with Crippen LogP contribution in [-0.2, 0) is 4.74 Å². The number of esters is 1. The summed E-state index contributed by atoms with van der Waals surface area (Å²) in [4.78, 5) is 21.4. The van der Waals surface area contributed by atoms with E-state index in [4.69, 9.17) is 4.74 Å². The number of halogens is 1. The zero-order chi connectivity index (χ0) is 12.3. The smallest absolute Gasteiger partial charge is 0.341 e. The molecule has 1 aromatic rings. The SMILES string of the molecule is COC(=O)c1cc([N+](=O)[O-])c(Br)cc1OC. The first-order valence-electron chi connectivity index (χ1n) is 4.11. The molecule has 0 unspecified atom stereocenters. The molecule has 0 aliphatic heterocycles. The Balaban J connectivity index is 3.40. The molecule has 0 saturated carbocycles. The van der Waals surface area contributed by atoms with E-state index in [0.717, 1.165) is 6.07 Å². The first-order chi connectivity index (χ1) is 7.51. The minimum absolute atomic E-state index is 0.0138. The highest BCUT2D eigenvalue weighted by atomic mass is 79.9. The Morgan fingerprint density at radius 3 is 2.50 bits per heavy atom. The molecule has 0 aliphatic rings. The van der Waals surface area contributed by atoms with Crippen molar-refractivity contribution < 1.29 is 19.2 Å². The summed E-state index contributed by atoms with van der Waals surface area (Å²) >= 11 is 3.02. The van der Waals surface area contributed by atoms with Gasteiger partial charge in [0.15, 0.2) is 0 Å². The van der Waals surface area contributed by atoms with Crippen molar-refractivity contribution in [2.24, 2.45) is 0 Å². The number of nitro benzene ring substituents is 1. The highest BCUT2D eigenvalue weighted by Crippen LogP contribution is 2.32. The number of nitrogens with zero attached hydrogens (tertiary/aromatic N) is 1. The van der Waals surface area contributed by atoms with E-state index < -0.39 is 10.9 Å². The standard InChI is InChI=1S/C9H8BrNO5/c1-15-8-4-6(10)7(11(13)14)3-5(8)9(12)16-2/h3-4H,1-2H3. The quantitative estimate of drug-likeness (QED) is 0.484. The molecule has 0 radical (unpaired) electrons. The summed E-state index contributed by atoms with van der Waals surface area (Å²) in [6.07, 6.45) is 0. The number of carbonyl (C=O) groups is 1. The molecule has 16 heavy (non-hydrogen) atoms. The molecule has 0 amide bonds. The summed E-state index contributed by atoms with van der Waals surface area (Å²) < 4.78 is 9.66. The minimum atomic E-state index is -0.688. The second-order valence-corrected chi connectivity index (χ2v) is 3.61. The summed E-state index contributed by atoms with van der Waals surface area (Å²) in [7, 11) is 2.55. The zero-order valence-electron chi connectivity index (χ0n) is 8.52. The molecule has 0 aromatic heterocycles. The fraction of sp³-hybridized carbons (Fsp3) is 0.222. The number of nitro groups is 1. The van der Waals surface area contributed by atoms with Gasteiger partial charge in [-0.25, -0.2) is 4.79 Å². The van der Waals surface area contributed by atoms with E-state index in [9.17, 15) is 14.9 Å². The van der Waals surface area contributed by atoms with Crippen molar-refractivity contribution >= 4 is 27.6 Å². The van der Waals surface area contributed by atoms with Crippen molar-refractivity contribution in [1.29, 1.82) is 0 Å². The first-order valence-corrected chi connectivity index (χ1v) is 4.90. The van der Waals surface area contributed by atoms with Crippen LogP contribution in [0.3, 0.4) is 0 Å². The van der Waals surface area contributed by atoms with Gasteiger partial charge in [-0.05, 0) is 15.9 Å². The lowest BCUT2D eigenvalue weighted by Crippen LogP contribution is -2.05. The number of benzene rings is 1. The molecule has 0 spiro atoms. The molecule has 86 valence electrons. The first kappa shape index (κ1) is 12.4. The summed E-state index contributed by atoms with van der Waals surface area (Å²) in [5.41, 5.74) is -0.207. The predicted octanol–water partition coefficient (Wildman–Crippen LogP) is 2.15. The van der Waals surface area contributed by atoms with Crippen molar-refractivity contribution in [1.82, 2.24) is 0 Å². The number of methoxy groups -OCH3 is 2. The average Bonchev–Trinajstić information content (AvgIpc) is 2.27. The topological polar surface area (TPSA) is 78.7 Å². The van der Waals surface area contributed by atoms with Crippen molar-refractivity contribution in [2.75, 3.05) is 14.2 Å². The molecule has 7 heteroatoms. The third-order valence-corrected chi connectivity index (χ3v) is 2.51. The number of rotatable bonds is 3. The van der Waals surface area contributed by atoms with Gasteiger partial charge in [-0.1, -0.05) is 0 Å². The lowest BCUT2D eigenvalue weighted by Gasteiger charge is -2.07. The number of hydrogen-bond donors (Lipinski definition) is 0. The van der Waals surface area contributed by atoms with Gasteiger partial charge in [0, 0.05) is 12.1 Å². The summed E-state index contributed by atoms with van der Waals surface area (Å²) in [6.45, 7) is 0. The van der Waals surface area contributed by atoms with Crippen LogP contribution in [0.4, 0.5) is 5.69 Å². The van der Waals surface area contributed by atoms with Gasteiger partial charge >= 0.3 is 5.97 Å². The van der Waals surface area contributed by atoms with Gasteiger partial charge in [0.25, 0.3) is 5.69 Å². The van der Waals surface area contributed by atoms with Crippen LogP contribution in [0.1, 0.15) is 10.4 Å². The Kier molecular flexibility index (Phi) is 3.83. The molecule has 0 atom stereocenters. The fourth-order valence-electron chi connectivity index (χ4n) is 1.12. The van der Waals surface area contributed by atoms with Gasteiger partial charge in [0.2, 0.25) is 0 Å². The molecular weight excluding hydrogens is 282 g/mol. The fourth-order valence-corrected chi connectivity index (χ4v) is 1.59. The number of hydrogen-bond acceptors (Lipinski definition) is 5. The lowest BCUT2D eigenvalue weighted by atomic mass is 10.2. The average molecular weight is 290 g/mol. The van der Waals surface area contributed by atoms with Gasteiger partial charge in [0.1, 0.15) is 11.3 Å². The summed E-state index contributed by atoms with van der Waals surface area (Å²) in [5.74, 6) is -0.475. The number of carbonyl (C=O) groups excluding carboxylic acids is 1. The van der Waals surface area contributed by atoms with E-state index in [1.807, 2.05) is 0 Å². The molecule has 0 heterocycles. The zero-order valence-corrected chi connectivity index (χ0v) is 10.1. The normalized spacial score (nSPS) is 9.69. The Labute approximate surface area is 99.4 Å². The molecule has 0 bridgehead atoms. The third-order valence-electron chi connectivity index (χ3n) is 1.87. The van der Waals surface area contributed by atoms with E-state index in [0.29, 0.717) is 0 Å². The van der Waals surface area contributed by atoms with E-state index in [1.54, 1.807) is 0 Å². The predicted molar refractivity (Wildman–Crippen MR) is 58.7 cm³/mol. The minimum Gasteiger partial charge on any atom is -0.496 e. The highest BCUT2D eigenvalue weighted by molar-refractivity contribution is 9.10. The molecule has 0 saturated heterocycles. The molecular formula is C9H8BrNO5. The van der Waals surface area contributed by atoms with Crippen molar-refractivity contribution in [3.63, 3.8) is 0 Å². The largest absolute Gasteiger partial charge is 0.496 e. The maximum Gasteiger partial charge on any atom is 0.341 e. The Morgan fingerprint density at radius 1 is 1.44 bits per heavy atom. The Hall–Kier alpha value is -1.63. The molecule has 0 aliphatic carbocycles. The maximum atomic E-state index is 11.3. The second-order valence-electron chi connectivity index (χ2n) is 2.75. The van der Waals surface area contributed by atoms with Gasteiger partial charge in [-0.2, -0.15) is 0 Å². The van der Waals surface area contributed by atoms with Crippen LogP contribution >= 0.6 is 15.9 Å². The second kappa shape index (κ2) is 4.93. The van der Waals surface area contributed by atoms with Gasteiger partial charge in [-0.15, -0.1) is 0 Å². The van der Waals surface area contributed by atoms with Crippen molar-refractivity contribution in [3.05, 3.63) is 32.3 Å². The van der Waals surface area contributed by atoms with Crippen molar-refractivity contribution in [2.45, 2.75) is 0 Å². The van der Waals surface area contributed by atoms with E-state index in [-0.39, 0.29) is 21.5 Å². The van der Waals surface area contributed by atoms with E-state index >= 15 is 0 Å². The van der Waals surface area contributed by atoms with Crippen molar-refractivity contribution in [3.8, 4) is 5.75 Å². The van der Waals surface area contributed by atoms with Crippen LogP contribution < -0.4 is 4.74 Å². The van der Waals surface area contributed by atoms with Gasteiger partial charge in [0.05, 0.1) is 23.6 Å². The monoisotopic (exact) mass is 289 g/mol. The lowest BCUT2D eigenvalue weighted by molar-refractivity contribution is -0.385. The molecule has 0 N–H and O–H groups in total. The van der Waals surface area contributed by atoms with Crippen LogP contribution in [0.15, 0.2) is 16.6 Å². The van der Waals surface area contributed by atoms with Crippen LogP contribution in [0.2, 0.25) is 0 Å². The van der Waals surface area contributed by atoms with Crippen LogP contribution in [0, 0.1) is 10.1 Å². The molecule has 1 aromatic carbocycles. The van der Waals surface area contributed by atoms with Crippen LogP contribution in [-0.4, -0.2) is 25.1 Å². The Bertz CT molecular complexity index is 446. The summed E-state index contributed by atoms with van der Waals surface area (Å²) in [6, 6.07) is 2.46.